The molecule has 2 aromatic rings. The van der Waals surface area contributed by atoms with Gasteiger partial charge in [0.25, 0.3) is 5.91 Å². The topological polar surface area (TPSA) is 88.4 Å². The van der Waals surface area contributed by atoms with Crippen LogP contribution in [-0.2, 0) is 14.3 Å². The van der Waals surface area contributed by atoms with Crippen molar-refractivity contribution in [2.45, 2.75) is 52.2 Å². The lowest BCUT2D eigenvalue weighted by Crippen LogP contribution is -2.35. The average molecular weight is 394 g/mol. The van der Waals surface area contributed by atoms with E-state index in [4.69, 9.17) is 14.7 Å². The Morgan fingerprint density at radius 1 is 1.03 bits per heavy atom. The molecular formula is C23H26N2O4. The molecule has 0 heterocycles. The van der Waals surface area contributed by atoms with Gasteiger partial charge in [-0.2, -0.15) is 5.26 Å². The quantitative estimate of drug-likeness (QED) is 0.670. The van der Waals surface area contributed by atoms with Gasteiger partial charge in [0.15, 0.2) is 12.2 Å². The van der Waals surface area contributed by atoms with Gasteiger partial charge in [-0.05, 0) is 62.1 Å². The molecule has 0 saturated carbocycles. The van der Waals surface area contributed by atoms with Gasteiger partial charge in [-0.25, -0.2) is 4.79 Å². The van der Waals surface area contributed by atoms with E-state index in [9.17, 15) is 9.59 Å². The molecule has 0 fully saturated rings. The largest absolute Gasteiger partial charge is 0.479 e. The van der Waals surface area contributed by atoms with Crippen LogP contribution >= 0.6 is 0 Å². The highest BCUT2D eigenvalue weighted by atomic mass is 16.6. The number of ether oxygens (including phenoxy) is 2. The van der Waals surface area contributed by atoms with Crippen molar-refractivity contribution in [1.29, 1.82) is 5.26 Å². The molecule has 0 aliphatic rings. The molecule has 0 unspecified atom stereocenters. The number of nitrogens with one attached hydrogen (secondary N) is 1. The van der Waals surface area contributed by atoms with Gasteiger partial charge in [-0.15, -0.1) is 0 Å². The molecule has 0 saturated heterocycles. The smallest absolute Gasteiger partial charge is 0.347 e. The van der Waals surface area contributed by atoms with E-state index in [2.05, 4.69) is 19.2 Å². The first-order valence-electron chi connectivity index (χ1n) is 9.62. The Morgan fingerprint density at radius 2 is 1.69 bits per heavy atom. The lowest BCUT2D eigenvalue weighted by molar-refractivity contribution is -0.159. The molecule has 0 aromatic heterocycles. The van der Waals surface area contributed by atoms with Gasteiger partial charge in [0, 0.05) is 5.69 Å². The Kier molecular flexibility index (Phi) is 7.79. The molecule has 2 aromatic carbocycles. The van der Waals surface area contributed by atoms with Gasteiger partial charge in [0.1, 0.15) is 5.75 Å². The van der Waals surface area contributed by atoms with E-state index < -0.39 is 24.1 Å². The number of amides is 1. The monoisotopic (exact) mass is 394 g/mol. The van der Waals surface area contributed by atoms with Crippen molar-refractivity contribution in [1.82, 2.24) is 0 Å². The van der Waals surface area contributed by atoms with Crippen LogP contribution in [0.5, 0.6) is 5.75 Å². The highest BCUT2D eigenvalue weighted by Gasteiger charge is 2.24. The summed E-state index contributed by atoms with van der Waals surface area (Å²) in [6, 6.07) is 16.0. The molecule has 1 N–H and O–H groups in total. The van der Waals surface area contributed by atoms with Crippen LogP contribution in [-0.4, -0.2) is 24.1 Å². The summed E-state index contributed by atoms with van der Waals surface area (Å²) < 4.78 is 10.8. The Labute approximate surface area is 171 Å². The number of hydrogen-bond acceptors (Lipinski definition) is 5. The molecule has 1 amide bonds. The van der Waals surface area contributed by atoms with Crippen molar-refractivity contribution >= 4 is 17.6 Å². The summed E-state index contributed by atoms with van der Waals surface area (Å²) in [6.45, 7) is 7.25. The number of hydrogen-bond donors (Lipinski definition) is 1. The van der Waals surface area contributed by atoms with Crippen LogP contribution < -0.4 is 10.1 Å². The Morgan fingerprint density at radius 3 is 2.31 bits per heavy atom. The molecule has 152 valence electrons. The van der Waals surface area contributed by atoms with Gasteiger partial charge in [-0.1, -0.05) is 32.0 Å². The lowest BCUT2D eigenvalue weighted by Gasteiger charge is -2.20. The van der Waals surface area contributed by atoms with Crippen molar-refractivity contribution in [3.63, 3.8) is 0 Å². The summed E-state index contributed by atoms with van der Waals surface area (Å²) in [5.74, 6) is -0.315. The predicted octanol–water partition coefficient (Wildman–Crippen LogP) is 4.41. The number of nitrogens with zero attached hydrogens (tertiary/aromatic N) is 1. The molecule has 0 aliphatic carbocycles. The maximum Gasteiger partial charge on any atom is 0.347 e. The Hall–Kier alpha value is -3.33. The zero-order valence-electron chi connectivity index (χ0n) is 17.1. The van der Waals surface area contributed by atoms with Gasteiger partial charge in [-0.3, -0.25) is 4.79 Å². The van der Waals surface area contributed by atoms with E-state index in [0.29, 0.717) is 17.2 Å². The van der Waals surface area contributed by atoms with Crippen molar-refractivity contribution in [2.24, 2.45) is 0 Å². The van der Waals surface area contributed by atoms with Crippen LogP contribution in [0.25, 0.3) is 0 Å². The van der Waals surface area contributed by atoms with Crippen molar-refractivity contribution in [2.75, 3.05) is 5.32 Å². The molecule has 0 spiro atoms. The molecule has 2 rings (SSSR count). The number of anilines is 1. The van der Waals surface area contributed by atoms with Crippen LogP contribution in [0.2, 0.25) is 0 Å². The highest BCUT2D eigenvalue weighted by Crippen LogP contribution is 2.26. The third kappa shape index (κ3) is 6.08. The standard InChI is InChI=1S/C23H26N2O4/c1-5-15(2)20-8-6-7-9-21(20)25-22(26)16(3)29-23(27)17(4)28-19-12-10-18(14-24)11-13-19/h6-13,15-17H,5H2,1-4H3,(H,25,26)/t15-,16+,17-/m1/s1. The fraction of sp³-hybridized carbons (Fsp3) is 0.348. The summed E-state index contributed by atoms with van der Waals surface area (Å²) in [4.78, 5) is 24.8. The Bertz CT molecular complexity index is 886. The summed E-state index contributed by atoms with van der Waals surface area (Å²) >= 11 is 0. The molecular weight excluding hydrogens is 368 g/mol. The van der Waals surface area contributed by atoms with E-state index in [-0.39, 0.29) is 0 Å². The third-order valence-electron chi connectivity index (χ3n) is 4.65. The molecule has 0 bridgehead atoms. The van der Waals surface area contributed by atoms with Gasteiger partial charge < -0.3 is 14.8 Å². The minimum absolute atomic E-state index is 0.296. The molecule has 0 radical (unpaired) electrons. The SMILES string of the molecule is CC[C@@H](C)c1ccccc1NC(=O)[C@H](C)OC(=O)[C@@H](C)Oc1ccc(C#N)cc1. The summed E-state index contributed by atoms with van der Waals surface area (Å²) in [6.07, 6.45) is -0.924. The fourth-order valence-electron chi connectivity index (χ4n) is 2.68. The van der Waals surface area contributed by atoms with Gasteiger partial charge in [0.2, 0.25) is 0 Å². The van der Waals surface area contributed by atoms with Gasteiger partial charge in [0.05, 0.1) is 11.6 Å². The second-order valence-corrected chi connectivity index (χ2v) is 6.86. The van der Waals surface area contributed by atoms with E-state index in [1.807, 2.05) is 30.3 Å². The number of benzene rings is 2. The minimum Gasteiger partial charge on any atom is -0.479 e. The second kappa shape index (κ2) is 10.3. The maximum atomic E-state index is 12.5. The van der Waals surface area contributed by atoms with Crippen LogP contribution in [0, 0.1) is 11.3 Å². The van der Waals surface area contributed by atoms with E-state index in [1.54, 1.807) is 31.2 Å². The van der Waals surface area contributed by atoms with Crippen LogP contribution in [0.15, 0.2) is 48.5 Å². The lowest BCUT2D eigenvalue weighted by atomic mass is 9.97. The van der Waals surface area contributed by atoms with E-state index in [1.165, 1.54) is 6.92 Å². The number of esters is 1. The summed E-state index contributed by atoms with van der Waals surface area (Å²) in [5, 5.41) is 11.7. The predicted molar refractivity (Wildman–Crippen MR) is 111 cm³/mol. The second-order valence-electron chi connectivity index (χ2n) is 6.86. The molecule has 6 heteroatoms. The number of carbonyl (C=O) groups is 2. The molecule has 29 heavy (non-hydrogen) atoms. The normalized spacial score (nSPS) is 13.5. The van der Waals surface area contributed by atoms with E-state index >= 15 is 0 Å². The first kappa shape index (κ1) is 22.0. The molecule has 6 nitrogen and oxygen atoms in total. The fourth-order valence-corrected chi connectivity index (χ4v) is 2.68. The first-order chi connectivity index (χ1) is 13.8. The van der Waals surface area contributed by atoms with Gasteiger partial charge >= 0.3 is 5.97 Å². The molecule has 3 atom stereocenters. The van der Waals surface area contributed by atoms with E-state index in [0.717, 1.165) is 17.7 Å². The average Bonchev–Trinajstić information content (AvgIpc) is 2.73. The van der Waals surface area contributed by atoms with Crippen molar-refractivity contribution < 1.29 is 19.1 Å². The zero-order chi connectivity index (χ0) is 21.4. The minimum atomic E-state index is -0.973. The van der Waals surface area contributed by atoms with Crippen LogP contribution in [0.4, 0.5) is 5.69 Å². The van der Waals surface area contributed by atoms with Crippen LogP contribution in [0.3, 0.4) is 0 Å². The first-order valence-corrected chi connectivity index (χ1v) is 9.62. The summed E-state index contributed by atoms with van der Waals surface area (Å²) in [5.41, 5.74) is 2.26. The Balaban J connectivity index is 1.94. The van der Waals surface area contributed by atoms with Crippen LogP contribution in [0.1, 0.15) is 51.2 Å². The number of nitriles is 1. The highest BCUT2D eigenvalue weighted by molar-refractivity contribution is 5.96. The number of para-hydroxylation sites is 1. The number of rotatable bonds is 8. The van der Waals surface area contributed by atoms with Crippen molar-refractivity contribution in [3.05, 3.63) is 59.7 Å². The summed E-state index contributed by atoms with van der Waals surface area (Å²) in [7, 11) is 0. The van der Waals surface area contributed by atoms with Crippen molar-refractivity contribution in [3.8, 4) is 11.8 Å². The number of carbonyl (C=O) groups excluding carboxylic acids is 2. The maximum absolute atomic E-state index is 12.5. The third-order valence-corrected chi connectivity index (χ3v) is 4.65. The molecule has 0 aliphatic heterocycles. The zero-order valence-corrected chi connectivity index (χ0v) is 17.1.